The fourth-order valence-electron chi connectivity index (χ4n) is 2.16. The molecule has 0 aliphatic heterocycles. The summed E-state index contributed by atoms with van der Waals surface area (Å²) in [6.07, 6.45) is 1.10. The van der Waals surface area contributed by atoms with E-state index in [9.17, 15) is 9.59 Å². The van der Waals surface area contributed by atoms with E-state index in [1.807, 2.05) is 6.92 Å². The van der Waals surface area contributed by atoms with E-state index in [4.69, 9.17) is 9.84 Å². The second-order valence-electron chi connectivity index (χ2n) is 4.99. The zero-order valence-corrected chi connectivity index (χ0v) is 12.5. The Bertz CT molecular complexity index is 537. The number of rotatable bonds is 7. The summed E-state index contributed by atoms with van der Waals surface area (Å²) in [5.41, 5.74) is 1.97. The molecule has 0 fully saturated rings. The number of aryl methyl sites for hydroxylation is 1. The summed E-state index contributed by atoms with van der Waals surface area (Å²) in [5.74, 6) is -1.35. The van der Waals surface area contributed by atoms with Gasteiger partial charge in [-0.3, -0.25) is 9.36 Å². The molecule has 0 saturated carbocycles. The van der Waals surface area contributed by atoms with Crippen molar-refractivity contribution in [2.75, 3.05) is 13.7 Å². The summed E-state index contributed by atoms with van der Waals surface area (Å²) >= 11 is 0. The minimum absolute atomic E-state index is 0.289. The van der Waals surface area contributed by atoms with Crippen LogP contribution in [0.5, 0.6) is 0 Å². The molecule has 6 nitrogen and oxygen atoms in total. The molecule has 0 bridgehead atoms. The molecule has 0 saturated heterocycles. The molecule has 1 rings (SSSR count). The third-order valence-electron chi connectivity index (χ3n) is 3.43. The first-order valence-electron chi connectivity index (χ1n) is 6.67. The monoisotopic (exact) mass is 282 g/mol. The SMILES string of the molecule is COCCCn1c(C)c(CC(C)C(=O)O)c(C)nc1=O. The molecule has 0 amide bonds. The van der Waals surface area contributed by atoms with Crippen molar-refractivity contribution >= 4 is 5.97 Å². The number of ether oxygens (including phenoxy) is 1. The minimum atomic E-state index is -0.846. The highest BCUT2D eigenvalue weighted by atomic mass is 16.5. The van der Waals surface area contributed by atoms with Gasteiger partial charge in [-0.05, 0) is 32.3 Å². The van der Waals surface area contributed by atoms with Gasteiger partial charge in [0.05, 0.1) is 5.92 Å². The van der Waals surface area contributed by atoms with Crippen molar-refractivity contribution in [3.63, 3.8) is 0 Å². The Hall–Kier alpha value is -1.69. The molecule has 112 valence electrons. The van der Waals surface area contributed by atoms with Crippen LogP contribution >= 0.6 is 0 Å². The van der Waals surface area contributed by atoms with Gasteiger partial charge in [0.2, 0.25) is 0 Å². The Balaban J connectivity index is 3.08. The number of carboxylic acid groups (broad SMARTS) is 1. The van der Waals surface area contributed by atoms with Crippen LogP contribution < -0.4 is 5.69 Å². The zero-order chi connectivity index (χ0) is 15.3. The number of aromatic nitrogens is 2. The van der Waals surface area contributed by atoms with Crippen molar-refractivity contribution in [3.05, 3.63) is 27.4 Å². The molecule has 0 aliphatic rings. The smallest absolute Gasteiger partial charge is 0.347 e. The Kier molecular flexibility index (Phi) is 5.88. The largest absolute Gasteiger partial charge is 0.481 e. The number of carboxylic acids is 1. The first-order valence-corrected chi connectivity index (χ1v) is 6.67. The van der Waals surface area contributed by atoms with Gasteiger partial charge in [0.1, 0.15) is 0 Å². The minimum Gasteiger partial charge on any atom is -0.481 e. The third kappa shape index (κ3) is 3.90. The van der Waals surface area contributed by atoms with Gasteiger partial charge >= 0.3 is 11.7 Å². The lowest BCUT2D eigenvalue weighted by molar-refractivity contribution is -0.141. The van der Waals surface area contributed by atoms with E-state index < -0.39 is 11.9 Å². The van der Waals surface area contributed by atoms with E-state index >= 15 is 0 Å². The van der Waals surface area contributed by atoms with Gasteiger partial charge in [-0.1, -0.05) is 6.92 Å². The molecule has 1 aromatic rings. The number of aliphatic carboxylic acids is 1. The number of nitrogens with zero attached hydrogens (tertiary/aromatic N) is 2. The van der Waals surface area contributed by atoms with Gasteiger partial charge in [0, 0.05) is 31.6 Å². The molecule has 0 radical (unpaired) electrons. The van der Waals surface area contributed by atoms with Gasteiger partial charge in [0.25, 0.3) is 0 Å². The van der Waals surface area contributed by atoms with Crippen LogP contribution in [0.3, 0.4) is 0 Å². The van der Waals surface area contributed by atoms with E-state index in [0.29, 0.717) is 25.3 Å². The number of hydrogen-bond acceptors (Lipinski definition) is 4. The second-order valence-corrected chi connectivity index (χ2v) is 4.99. The fraction of sp³-hybridized carbons (Fsp3) is 0.643. The molecular formula is C14H22N2O4. The lowest BCUT2D eigenvalue weighted by Gasteiger charge is -2.16. The van der Waals surface area contributed by atoms with Crippen LogP contribution in [-0.2, 0) is 22.5 Å². The average molecular weight is 282 g/mol. The number of carbonyl (C=O) groups is 1. The Labute approximate surface area is 118 Å². The highest BCUT2D eigenvalue weighted by Crippen LogP contribution is 2.15. The molecule has 1 aromatic heterocycles. The molecule has 1 unspecified atom stereocenters. The second kappa shape index (κ2) is 7.19. The van der Waals surface area contributed by atoms with Crippen molar-refractivity contribution in [2.24, 2.45) is 5.92 Å². The van der Waals surface area contributed by atoms with Crippen molar-refractivity contribution in [1.29, 1.82) is 0 Å². The number of methoxy groups -OCH3 is 1. The van der Waals surface area contributed by atoms with E-state index in [2.05, 4.69) is 4.98 Å². The van der Waals surface area contributed by atoms with Crippen molar-refractivity contribution in [3.8, 4) is 0 Å². The highest BCUT2D eigenvalue weighted by molar-refractivity contribution is 5.70. The summed E-state index contributed by atoms with van der Waals surface area (Å²) in [5, 5.41) is 9.02. The predicted molar refractivity (Wildman–Crippen MR) is 75.0 cm³/mol. The molecular weight excluding hydrogens is 260 g/mol. The molecule has 6 heteroatoms. The van der Waals surface area contributed by atoms with Crippen LogP contribution in [0.15, 0.2) is 4.79 Å². The summed E-state index contributed by atoms with van der Waals surface area (Å²) in [7, 11) is 1.61. The first kappa shape index (κ1) is 16.4. The topological polar surface area (TPSA) is 81.4 Å². The molecule has 1 atom stereocenters. The van der Waals surface area contributed by atoms with Gasteiger partial charge in [-0.15, -0.1) is 0 Å². The Morgan fingerprint density at radius 2 is 2.10 bits per heavy atom. The zero-order valence-electron chi connectivity index (χ0n) is 12.5. The van der Waals surface area contributed by atoms with Gasteiger partial charge < -0.3 is 9.84 Å². The van der Waals surface area contributed by atoms with Crippen LogP contribution in [0, 0.1) is 19.8 Å². The molecule has 1 heterocycles. The van der Waals surface area contributed by atoms with Crippen molar-refractivity contribution in [1.82, 2.24) is 9.55 Å². The summed E-state index contributed by atoms with van der Waals surface area (Å²) in [6, 6.07) is 0. The number of hydrogen-bond donors (Lipinski definition) is 1. The van der Waals surface area contributed by atoms with Gasteiger partial charge in [-0.2, -0.15) is 4.98 Å². The van der Waals surface area contributed by atoms with E-state index in [1.165, 1.54) is 0 Å². The maximum Gasteiger partial charge on any atom is 0.347 e. The van der Waals surface area contributed by atoms with Crippen LogP contribution in [0.4, 0.5) is 0 Å². The first-order chi connectivity index (χ1) is 9.38. The molecule has 1 N–H and O–H groups in total. The Morgan fingerprint density at radius 3 is 2.65 bits per heavy atom. The molecule has 20 heavy (non-hydrogen) atoms. The third-order valence-corrected chi connectivity index (χ3v) is 3.43. The van der Waals surface area contributed by atoms with Crippen LogP contribution in [0.25, 0.3) is 0 Å². The predicted octanol–water partition coefficient (Wildman–Crippen LogP) is 1.16. The van der Waals surface area contributed by atoms with Crippen LogP contribution in [0.2, 0.25) is 0 Å². The van der Waals surface area contributed by atoms with Crippen LogP contribution in [-0.4, -0.2) is 34.3 Å². The van der Waals surface area contributed by atoms with E-state index in [-0.39, 0.29) is 5.69 Å². The molecule has 0 spiro atoms. The Morgan fingerprint density at radius 1 is 1.45 bits per heavy atom. The summed E-state index contributed by atoms with van der Waals surface area (Å²) in [4.78, 5) is 26.9. The van der Waals surface area contributed by atoms with Crippen LogP contribution in [0.1, 0.15) is 30.3 Å². The van der Waals surface area contributed by atoms with Crippen molar-refractivity contribution < 1.29 is 14.6 Å². The van der Waals surface area contributed by atoms with E-state index in [1.54, 1.807) is 25.5 Å². The lowest BCUT2D eigenvalue weighted by Crippen LogP contribution is -2.29. The summed E-state index contributed by atoms with van der Waals surface area (Å²) < 4.78 is 6.57. The fourth-order valence-corrected chi connectivity index (χ4v) is 2.16. The molecule has 0 aliphatic carbocycles. The average Bonchev–Trinajstić information content (AvgIpc) is 2.38. The van der Waals surface area contributed by atoms with Gasteiger partial charge in [0.15, 0.2) is 0 Å². The maximum absolute atomic E-state index is 11.9. The quantitative estimate of drug-likeness (QED) is 0.759. The normalized spacial score (nSPS) is 12.4. The van der Waals surface area contributed by atoms with Gasteiger partial charge in [-0.25, -0.2) is 4.79 Å². The van der Waals surface area contributed by atoms with E-state index in [0.717, 1.165) is 17.7 Å². The highest BCUT2D eigenvalue weighted by Gasteiger charge is 2.18. The standard InChI is InChI=1S/C14H22N2O4/c1-9(13(17)18)8-12-10(2)15-14(19)16(11(12)3)6-5-7-20-4/h9H,5-8H2,1-4H3,(H,17,18). The van der Waals surface area contributed by atoms with Crippen molar-refractivity contribution in [2.45, 2.75) is 40.2 Å². The maximum atomic E-state index is 11.9. The lowest BCUT2D eigenvalue weighted by atomic mass is 9.99. The molecule has 0 aromatic carbocycles. The summed E-state index contributed by atoms with van der Waals surface area (Å²) in [6.45, 7) is 6.34.